The van der Waals surface area contributed by atoms with Gasteiger partial charge in [-0.3, -0.25) is 10.00 Å². The standard InChI is InChI=1S/C24H26FN7O/c1-31(2)13-16-6-9-18(21-22(16)29-30-23(21)27)15-4-7-17(8-5-15)32(24(28)33)20-11-14(12-26)3-10-19(20)25/h3-11H,12-13,26H2,1-2H3,(H2,28,33)(H3,27,29,30). The zero-order valence-electron chi connectivity index (χ0n) is 18.5. The van der Waals surface area contributed by atoms with Gasteiger partial charge in [-0.05, 0) is 60.6 Å². The van der Waals surface area contributed by atoms with E-state index in [1.807, 2.05) is 38.4 Å². The Kier molecular flexibility index (Phi) is 5.99. The molecular weight excluding hydrogens is 421 g/mol. The van der Waals surface area contributed by atoms with Crippen molar-refractivity contribution in [1.82, 2.24) is 15.1 Å². The van der Waals surface area contributed by atoms with Crippen LogP contribution in [0.3, 0.4) is 0 Å². The zero-order chi connectivity index (χ0) is 23.7. The molecule has 0 saturated carbocycles. The fraction of sp³-hybridized carbons (Fsp3) is 0.167. The number of carbonyl (C=O) groups excluding carboxylic acids is 1. The largest absolute Gasteiger partial charge is 0.382 e. The minimum Gasteiger partial charge on any atom is -0.382 e. The van der Waals surface area contributed by atoms with Crippen molar-refractivity contribution in [1.29, 1.82) is 0 Å². The number of nitrogens with one attached hydrogen (secondary N) is 1. The monoisotopic (exact) mass is 447 g/mol. The van der Waals surface area contributed by atoms with E-state index in [9.17, 15) is 9.18 Å². The van der Waals surface area contributed by atoms with Crippen LogP contribution in [-0.2, 0) is 13.1 Å². The normalized spacial score (nSPS) is 11.3. The van der Waals surface area contributed by atoms with Crippen LogP contribution in [0.4, 0.5) is 26.4 Å². The molecule has 3 aromatic carbocycles. The molecule has 8 nitrogen and oxygen atoms in total. The Hall–Kier alpha value is -3.95. The predicted octanol–water partition coefficient (Wildman–Crippen LogP) is 3.69. The molecule has 0 fully saturated rings. The molecule has 0 aliphatic rings. The Morgan fingerprint density at radius 3 is 2.45 bits per heavy atom. The molecule has 1 heterocycles. The number of hydrogen-bond donors (Lipinski definition) is 4. The van der Waals surface area contributed by atoms with Gasteiger partial charge in [-0.25, -0.2) is 9.18 Å². The number of aromatic amines is 1. The number of nitrogens with two attached hydrogens (primary N) is 3. The van der Waals surface area contributed by atoms with Crippen molar-refractivity contribution in [3.05, 3.63) is 71.5 Å². The number of H-pyrrole nitrogens is 1. The van der Waals surface area contributed by atoms with Gasteiger partial charge >= 0.3 is 6.03 Å². The number of aromatic nitrogens is 2. The maximum absolute atomic E-state index is 14.5. The summed E-state index contributed by atoms with van der Waals surface area (Å²) in [4.78, 5) is 15.4. The molecular formula is C24H26FN7O. The molecule has 0 unspecified atom stereocenters. The van der Waals surface area contributed by atoms with Crippen LogP contribution in [0.1, 0.15) is 11.1 Å². The fourth-order valence-corrected chi connectivity index (χ4v) is 3.96. The second-order valence-electron chi connectivity index (χ2n) is 8.08. The average Bonchev–Trinajstić information content (AvgIpc) is 3.18. The third-order valence-corrected chi connectivity index (χ3v) is 5.47. The van der Waals surface area contributed by atoms with Gasteiger partial charge in [0.2, 0.25) is 0 Å². The van der Waals surface area contributed by atoms with Crippen LogP contribution >= 0.6 is 0 Å². The molecule has 0 spiro atoms. The van der Waals surface area contributed by atoms with Crippen molar-refractivity contribution >= 4 is 34.1 Å². The number of rotatable bonds is 6. The lowest BCUT2D eigenvalue weighted by Gasteiger charge is -2.22. The molecule has 9 heteroatoms. The van der Waals surface area contributed by atoms with Crippen molar-refractivity contribution in [2.24, 2.45) is 11.5 Å². The lowest BCUT2D eigenvalue weighted by atomic mass is 9.98. The van der Waals surface area contributed by atoms with E-state index in [0.29, 0.717) is 17.1 Å². The Bertz CT molecular complexity index is 1310. The number of benzene rings is 3. The van der Waals surface area contributed by atoms with Crippen LogP contribution in [0.2, 0.25) is 0 Å². The molecule has 4 rings (SSSR count). The first-order valence-corrected chi connectivity index (χ1v) is 10.4. The summed E-state index contributed by atoms with van der Waals surface area (Å²) < 4.78 is 14.5. The number of hydrogen-bond acceptors (Lipinski definition) is 5. The fourth-order valence-electron chi connectivity index (χ4n) is 3.96. The highest BCUT2D eigenvalue weighted by molar-refractivity contribution is 6.03. The lowest BCUT2D eigenvalue weighted by molar-refractivity contribution is 0.256. The minimum absolute atomic E-state index is 0.0488. The SMILES string of the molecule is CN(C)Cc1ccc(-c2ccc(N(C(N)=O)c3cc(CN)ccc3F)cc2)c2c(N)n[nH]c12. The first-order valence-electron chi connectivity index (χ1n) is 10.4. The lowest BCUT2D eigenvalue weighted by Crippen LogP contribution is -2.32. The van der Waals surface area contributed by atoms with Crippen molar-refractivity contribution in [2.45, 2.75) is 13.1 Å². The van der Waals surface area contributed by atoms with Crippen LogP contribution in [0, 0.1) is 5.82 Å². The summed E-state index contributed by atoms with van der Waals surface area (Å²) in [7, 11) is 3.99. The Morgan fingerprint density at radius 1 is 1.09 bits per heavy atom. The quantitative estimate of drug-likeness (QED) is 0.358. The van der Waals surface area contributed by atoms with E-state index in [1.54, 1.807) is 18.2 Å². The number of fused-ring (bicyclic) bond motifs is 1. The van der Waals surface area contributed by atoms with Gasteiger partial charge in [-0.2, -0.15) is 5.10 Å². The third kappa shape index (κ3) is 4.23. The number of anilines is 3. The summed E-state index contributed by atoms with van der Waals surface area (Å²) in [6.45, 7) is 0.948. The first kappa shape index (κ1) is 22.3. The molecule has 0 radical (unpaired) electrons. The van der Waals surface area contributed by atoms with Gasteiger partial charge in [0.15, 0.2) is 5.82 Å². The molecule has 170 valence electrons. The smallest absolute Gasteiger partial charge is 0.323 e. The maximum atomic E-state index is 14.5. The minimum atomic E-state index is -0.801. The Labute approximate surface area is 190 Å². The Morgan fingerprint density at radius 2 is 1.82 bits per heavy atom. The van der Waals surface area contributed by atoms with E-state index in [0.717, 1.165) is 39.0 Å². The van der Waals surface area contributed by atoms with E-state index in [2.05, 4.69) is 15.1 Å². The molecule has 0 saturated heterocycles. The summed E-state index contributed by atoms with van der Waals surface area (Å²) in [5.41, 5.74) is 22.3. The summed E-state index contributed by atoms with van der Waals surface area (Å²) in [6.07, 6.45) is 0. The molecule has 33 heavy (non-hydrogen) atoms. The second-order valence-corrected chi connectivity index (χ2v) is 8.08. The molecule has 2 amide bonds. The summed E-state index contributed by atoms with van der Waals surface area (Å²) in [5.74, 6) is -0.163. The molecule has 0 atom stereocenters. The number of primary amides is 1. The predicted molar refractivity (Wildman–Crippen MR) is 129 cm³/mol. The van der Waals surface area contributed by atoms with E-state index in [1.165, 1.54) is 12.1 Å². The van der Waals surface area contributed by atoms with Crippen molar-refractivity contribution in [3.63, 3.8) is 0 Å². The van der Waals surface area contributed by atoms with E-state index in [4.69, 9.17) is 17.2 Å². The highest BCUT2D eigenvalue weighted by Crippen LogP contribution is 2.36. The van der Waals surface area contributed by atoms with E-state index in [-0.39, 0.29) is 12.2 Å². The summed E-state index contributed by atoms with van der Waals surface area (Å²) in [5, 5.41) is 8.06. The van der Waals surface area contributed by atoms with E-state index >= 15 is 0 Å². The van der Waals surface area contributed by atoms with Crippen LogP contribution in [-0.4, -0.2) is 35.2 Å². The maximum Gasteiger partial charge on any atom is 0.323 e. The van der Waals surface area contributed by atoms with Crippen LogP contribution in [0.15, 0.2) is 54.6 Å². The molecule has 7 N–H and O–H groups in total. The van der Waals surface area contributed by atoms with E-state index < -0.39 is 11.8 Å². The highest BCUT2D eigenvalue weighted by atomic mass is 19.1. The molecule has 0 aliphatic carbocycles. The van der Waals surface area contributed by atoms with Gasteiger partial charge in [0.05, 0.1) is 22.3 Å². The van der Waals surface area contributed by atoms with Crippen molar-refractivity contribution in [2.75, 3.05) is 24.7 Å². The number of carbonyl (C=O) groups is 1. The highest BCUT2D eigenvalue weighted by Gasteiger charge is 2.20. The summed E-state index contributed by atoms with van der Waals surface area (Å²) in [6, 6.07) is 14.7. The number of nitrogen functional groups attached to an aromatic ring is 1. The number of halogens is 1. The van der Waals surface area contributed by atoms with Crippen LogP contribution in [0.5, 0.6) is 0 Å². The average molecular weight is 448 g/mol. The van der Waals surface area contributed by atoms with Crippen LogP contribution in [0.25, 0.3) is 22.0 Å². The number of urea groups is 1. The van der Waals surface area contributed by atoms with Gasteiger partial charge in [0, 0.05) is 13.1 Å². The molecule has 0 bridgehead atoms. The second kappa shape index (κ2) is 8.89. The van der Waals surface area contributed by atoms with Gasteiger partial charge in [-0.1, -0.05) is 30.3 Å². The molecule has 0 aliphatic heterocycles. The van der Waals surface area contributed by atoms with Gasteiger partial charge in [-0.15, -0.1) is 0 Å². The van der Waals surface area contributed by atoms with Crippen LogP contribution < -0.4 is 22.1 Å². The first-order chi connectivity index (χ1) is 15.8. The van der Waals surface area contributed by atoms with Gasteiger partial charge in [0.25, 0.3) is 0 Å². The topological polar surface area (TPSA) is 130 Å². The molecule has 4 aromatic rings. The third-order valence-electron chi connectivity index (χ3n) is 5.47. The number of amides is 2. The summed E-state index contributed by atoms with van der Waals surface area (Å²) >= 11 is 0. The number of nitrogens with zero attached hydrogens (tertiary/aromatic N) is 3. The van der Waals surface area contributed by atoms with Gasteiger partial charge in [0.1, 0.15) is 5.82 Å². The van der Waals surface area contributed by atoms with Crippen molar-refractivity contribution in [3.8, 4) is 11.1 Å². The Balaban J connectivity index is 1.76. The zero-order valence-corrected chi connectivity index (χ0v) is 18.5. The van der Waals surface area contributed by atoms with Gasteiger partial charge < -0.3 is 22.1 Å². The molecule has 1 aromatic heterocycles. The van der Waals surface area contributed by atoms with Crippen molar-refractivity contribution < 1.29 is 9.18 Å².